The Balaban J connectivity index is 3.58. The maximum Gasteiger partial charge on any atom is 0.302 e. The van der Waals surface area contributed by atoms with Gasteiger partial charge in [-0.3, -0.25) is 14.4 Å². The molecule has 0 aliphatic heterocycles. The number of carbonyl (C=O) groups is 3. The highest BCUT2D eigenvalue weighted by molar-refractivity contribution is 5.76. The zero-order valence-corrected chi connectivity index (χ0v) is 20.7. The fourth-order valence-electron chi connectivity index (χ4n) is 3.24. The Hall–Kier alpha value is -2.11. The molecule has 0 fully saturated rings. The van der Waals surface area contributed by atoms with Crippen LogP contribution < -0.4 is 5.32 Å². The zero-order chi connectivity index (χ0) is 23.9. The molecule has 0 rings (SSSR count). The molecule has 0 aromatic heterocycles. The molecule has 0 unspecified atom stereocenters. The van der Waals surface area contributed by atoms with Crippen LogP contribution >= 0.6 is 0 Å². The number of amides is 2. The predicted octanol–water partition coefficient (Wildman–Crippen LogP) is 5.33. The van der Waals surface area contributed by atoms with Gasteiger partial charge in [0.25, 0.3) is 0 Å². The van der Waals surface area contributed by atoms with Crippen LogP contribution in [-0.4, -0.2) is 48.9 Å². The summed E-state index contributed by atoms with van der Waals surface area (Å²) in [6.07, 6.45) is 22.4. The van der Waals surface area contributed by atoms with Gasteiger partial charge in [0, 0.05) is 33.4 Å². The van der Waals surface area contributed by atoms with Crippen molar-refractivity contribution in [2.75, 3.05) is 26.2 Å². The molecular formula is C26H46N2O4. The Bertz CT molecular complexity index is 558. The predicted molar refractivity (Wildman–Crippen MR) is 131 cm³/mol. The summed E-state index contributed by atoms with van der Waals surface area (Å²) in [6, 6.07) is 0. The molecule has 2 amide bonds. The Morgan fingerprint density at radius 1 is 0.812 bits per heavy atom. The number of nitrogens with zero attached hydrogens (tertiary/aromatic N) is 1. The molecule has 0 bridgehead atoms. The highest BCUT2D eigenvalue weighted by Gasteiger charge is 2.09. The third-order valence-corrected chi connectivity index (χ3v) is 5.17. The van der Waals surface area contributed by atoms with E-state index in [0.717, 1.165) is 32.1 Å². The number of unbranched alkanes of at least 4 members (excludes halogenated alkanes) is 8. The molecule has 0 aliphatic carbocycles. The topological polar surface area (TPSA) is 75.7 Å². The molecule has 0 aromatic rings. The van der Waals surface area contributed by atoms with Crippen molar-refractivity contribution in [1.82, 2.24) is 10.2 Å². The van der Waals surface area contributed by atoms with Gasteiger partial charge < -0.3 is 15.0 Å². The third kappa shape index (κ3) is 21.1. The van der Waals surface area contributed by atoms with Crippen LogP contribution in [0.4, 0.5) is 0 Å². The van der Waals surface area contributed by atoms with Gasteiger partial charge in [-0.15, -0.1) is 0 Å². The average molecular weight is 451 g/mol. The van der Waals surface area contributed by atoms with Crippen LogP contribution in [0.25, 0.3) is 0 Å². The number of hydrogen-bond donors (Lipinski definition) is 1. The second kappa shape index (κ2) is 22.1. The normalized spacial score (nSPS) is 11.2. The fourth-order valence-corrected chi connectivity index (χ4v) is 3.24. The van der Waals surface area contributed by atoms with E-state index in [9.17, 15) is 14.4 Å². The summed E-state index contributed by atoms with van der Waals surface area (Å²) in [5.41, 5.74) is 0. The maximum atomic E-state index is 11.9. The van der Waals surface area contributed by atoms with Gasteiger partial charge in [0.1, 0.15) is 6.61 Å². The van der Waals surface area contributed by atoms with Crippen LogP contribution in [-0.2, 0) is 19.1 Å². The standard InChI is InChI=1S/C26H46N2O4/c1-4-5-6-7-8-9-10-11-12-13-14-15-16-17-18-19-26(31)27-20-21-28(24(2)29)22-23-32-25(3)30/h8-9,11-12H,4-7,10,13-23H2,1-3H3,(H,27,31). The minimum absolute atomic E-state index is 0.0270. The lowest BCUT2D eigenvalue weighted by molar-refractivity contribution is -0.143. The number of carbonyl (C=O) groups excluding carboxylic acids is 3. The number of rotatable bonds is 20. The zero-order valence-electron chi connectivity index (χ0n) is 20.7. The molecule has 184 valence electrons. The number of esters is 1. The van der Waals surface area contributed by atoms with E-state index in [4.69, 9.17) is 4.74 Å². The van der Waals surface area contributed by atoms with Crippen LogP contribution in [0, 0.1) is 0 Å². The molecule has 0 aliphatic rings. The first-order valence-corrected chi connectivity index (χ1v) is 12.4. The molecular weight excluding hydrogens is 404 g/mol. The minimum atomic E-state index is -0.362. The summed E-state index contributed by atoms with van der Waals surface area (Å²) in [5.74, 6) is -0.432. The Kier molecular flexibility index (Phi) is 20.6. The summed E-state index contributed by atoms with van der Waals surface area (Å²) in [4.78, 5) is 35.9. The van der Waals surface area contributed by atoms with Gasteiger partial charge in [0.15, 0.2) is 0 Å². The van der Waals surface area contributed by atoms with E-state index in [1.807, 2.05) is 0 Å². The van der Waals surface area contributed by atoms with Crippen LogP contribution in [0.3, 0.4) is 0 Å². The molecule has 32 heavy (non-hydrogen) atoms. The van der Waals surface area contributed by atoms with E-state index in [0.29, 0.717) is 26.1 Å². The van der Waals surface area contributed by atoms with E-state index in [1.165, 1.54) is 52.4 Å². The third-order valence-electron chi connectivity index (χ3n) is 5.17. The SMILES string of the molecule is CCCCCC=CCC=CCCCCCCCC(=O)NCCN(CCOC(C)=O)C(C)=O. The average Bonchev–Trinajstić information content (AvgIpc) is 2.75. The summed E-state index contributed by atoms with van der Waals surface area (Å²) < 4.78 is 4.86. The first kappa shape index (κ1) is 29.9. The van der Waals surface area contributed by atoms with Crippen LogP contribution in [0.5, 0.6) is 0 Å². The second-order valence-electron chi connectivity index (χ2n) is 8.18. The molecule has 6 heteroatoms. The number of ether oxygens (including phenoxy) is 1. The van der Waals surface area contributed by atoms with Gasteiger partial charge in [-0.25, -0.2) is 0 Å². The van der Waals surface area contributed by atoms with Crippen molar-refractivity contribution in [3.63, 3.8) is 0 Å². The highest BCUT2D eigenvalue weighted by atomic mass is 16.5. The molecule has 6 nitrogen and oxygen atoms in total. The smallest absolute Gasteiger partial charge is 0.302 e. The Labute approximate surface area is 195 Å². The number of nitrogens with one attached hydrogen (secondary N) is 1. The molecule has 1 N–H and O–H groups in total. The van der Waals surface area contributed by atoms with Crippen molar-refractivity contribution >= 4 is 17.8 Å². The monoisotopic (exact) mass is 450 g/mol. The van der Waals surface area contributed by atoms with Crippen molar-refractivity contribution < 1.29 is 19.1 Å². The fraction of sp³-hybridized carbons (Fsp3) is 0.731. The molecule has 0 saturated carbocycles. The van der Waals surface area contributed by atoms with Gasteiger partial charge in [0.2, 0.25) is 11.8 Å². The van der Waals surface area contributed by atoms with Crippen LogP contribution in [0.2, 0.25) is 0 Å². The van der Waals surface area contributed by atoms with Gasteiger partial charge >= 0.3 is 5.97 Å². The molecule has 0 spiro atoms. The Morgan fingerprint density at radius 3 is 2.06 bits per heavy atom. The van der Waals surface area contributed by atoms with Gasteiger partial charge in [-0.1, -0.05) is 63.3 Å². The molecule has 0 radical (unpaired) electrons. The number of allylic oxidation sites excluding steroid dienone is 4. The maximum absolute atomic E-state index is 11.9. The van der Waals surface area contributed by atoms with Crippen molar-refractivity contribution in [3.05, 3.63) is 24.3 Å². The van der Waals surface area contributed by atoms with Crippen molar-refractivity contribution in [1.29, 1.82) is 0 Å². The first-order valence-electron chi connectivity index (χ1n) is 12.4. The first-order chi connectivity index (χ1) is 15.5. The highest BCUT2D eigenvalue weighted by Crippen LogP contribution is 2.08. The van der Waals surface area contributed by atoms with Crippen molar-refractivity contribution in [3.8, 4) is 0 Å². The van der Waals surface area contributed by atoms with E-state index < -0.39 is 0 Å². The summed E-state index contributed by atoms with van der Waals surface area (Å²) >= 11 is 0. The van der Waals surface area contributed by atoms with E-state index in [1.54, 1.807) is 4.90 Å². The molecule has 0 saturated heterocycles. The second-order valence-corrected chi connectivity index (χ2v) is 8.18. The minimum Gasteiger partial charge on any atom is -0.464 e. The quantitative estimate of drug-likeness (QED) is 0.155. The van der Waals surface area contributed by atoms with E-state index in [-0.39, 0.29) is 24.4 Å². The van der Waals surface area contributed by atoms with Gasteiger partial charge in [-0.2, -0.15) is 0 Å². The lowest BCUT2D eigenvalue weighted by Crippen LogP contribution is -2.39. The Morgan fingerprint density at radius 2 is 1.44 bits per heavy atom. The molecule has 0 aromatic carbocycles. The van der Waals surface area contributed by atoms with Gasteiger partial charge in [-0.05, 0) is 38.5 Å². The van der Waals surface area contributed by atoms with Crippen LogP contribution in [0.15, 0.2) is 24.3 Å². The van der Waals surface area contributed by atoms with Crippen molar-refractivity contribution in [2.24, 2.45) is 0 Å². The molecule has 0 heterocycles. The summed E-state index contributed by atoms with van der Waals surface area (Å²) in [6.45, 7) is 6.40. The summed E-state index contributed by atoms with van der Waals surface area (Å²) in [5, 5.41) is 2.86. The van der Waals surface area contributed by atoms with E-state index >= 15 is 0 Å². The molecule has 0 atom stereocenters. The lowest BCUT2D eigenvalue weighted by Gasteiger charge is -2.20. The lowest BCUT2D eigenvalue weighted by atomic mass is 10.1. The summed E-state index contributed by atoms with van der Waals surface area (Å²) in [7, 11) is 0. The van der Waals surface area contributed by atoms with Crippen molar-refractivity contribution in [2.45, 2.75) is 97.8 Å². The van der Waals surface area contributed by atoms with E-state index in [2.05, 4.69) is 36.5 Å². The number of hydrogen-bond acceptors (Lipinski definition) is 4. The largest absolute Gasteiger partial charge is 0.464 e. The van der Waals surface area contributed by atoms with Gasteiger partial charge in [0.05, 0.1) is 6.54 Å². The van der Waals surface area contributed by atoms with Crippen LogP contribution in [0.1, 0.15) is 97.8 Å².